The van der Waals surface area contributed by atoms with E-state index in [9.17, 15) is 19.7 Å². The molecule has 7 heteroatoms. The molecule has 0 fully saturated rings. The lowest BCUT2D eigenvalue weighted by Crippen LogP contribution is -2.15. The number of rotatable bonds is 4. The van der Waals surface area contributed by atoms with Crippen LogP contribution in [0.15, 0.2) is 77.6 Å². The van der Waals surface area contributed by atoms with E-state index >= 15 is 0 Å². The lowest BCUT2D eigenvalue weighted by molar-refractivity contribution is -0.384. The number of nitrogens with one attached hydrogen (secondary N) is 1. The summed E-state index contributed by atoms with van der Waals surface area (Å²) in [5.74, 6) is -0.440. The molecule has 4 rings (SSSR count). The summed E-state index contributed by atoms with van der Waals surface area (Å²) in [5.41, 5.74) is 2.16. The molecule has 0 radical (unpaired) electrons. The van der Waals surface area contributed by atoms with Gasteiger partial charge >= 0.3 is 0 Å². The first-order valence-electron chi connectivity index (χ1n) is 9.13. The van der Waals surface area contributed by atoms with Crippen molar-refractivity contribution in [2.24, 2.45) is 0 Å². The van der Waals surface area contributed by atoms with E-state index in [-0.39, 0.29) is 16.7 Å². The lowest BCUT2D eigenvalue weighted by atomic mass is 10.0. The maximum Gasteiger partial charge on any atom is 0.269 e. The highest BCUT2D eigenvalue weighted by atomic mass is 32.1. The molecular weight excluding hydrogens is 400 g/mol. The van der Waals surface area contributed by atoms with E-state index in [2.05, 4.69) is 5.32 Å². The molecule has 1 amide bonds. The van der Waals surface area contributed by atoms with Crippen LogP contribution < -0.4 is 10.7 Å². The maximum atomic E-state index is 13.3. The molecule has 0 unspecified atom stereocenters. The zero-order valence-corrected chi connectivity index (χ0v) is 16.7. The van der Waals surface area contributed by atoms with E-state index in [1.54, 1.807) is 6.07 Å². The Morgan fingerprint density at radius 1 is 1.00 bits per heavy atom. The third-order valence-corrected chi connectivity index (χ3v) is 5.76. The van der Waals surface area contributed by atoms with Gasteiger partial charge in [0.1, 0.15) is 5.00 Å². The molecule has 1 N–H and O–H groups in total. The molecule has 6 nitrogen and oxygen atoms in total. The Balaban J connectivity index is 1.83. The van der Waals surface area contributed by atoms with Gasteiger partial charge in [0.25, 0.3) is 11.6 Å². The van der Waals surface area contributed by atoms with Crippen molar-refractivity contribution in [3.8, 4) is 11.1 Å². The van der Waals surface area contributed by atoms with Crippen molar-refractivity contribution in [2.75, 3.05) is 5.32 Å². The third kappa shape index (κ3) is 3.70. The van der Waals surface area contributed by atoms with Crippen LogP contribution in [0, 0.1) is 17.0 Å². The van der Waals surface area contributed by atoms with Crippen molar-refractivity contribution < 1.29 is 9.72 Å². The number of nitro benzene ring substituents is 1. The molecule has 1 aromatic heterocycles. The monoisotopic (exact) mass is 416 g/mol. The van der Waals surface area contributed by atoms with Gasteiger partial charge in [-0.1, -0.05) is 42.0 Å². The number of hydrogen-bond donors (Lipinski definition) is 1. The van der Waals surface area contributed by atoms with Crippen LogP contribution in [-0.4, -0.2) is 10.8 Å². The molecule has 0 saturated carbocycles. The molecule has 30 heavy (non-hydrogen) atoms. The van der Waals surface area contributed by atoms with Crippen LogP contribution in [0.25, 0.3) is 21.2 Å². The van der Waals surface area contributed by atoms with Crippen molar-refractivity contribution in [2.45, 2.75) is 6.92 Å². The molecule has 1 heterocycles. The van der Waals surface area contributed by atoms with Gasteiger partial charge < -0.3 is 5.32 Å². The van der Waals surface area contributed by atoms with Crippen LogP contribution >= 0.6 is 11.3 Å². The number of nitro groups is 1. The smallest absolute Gasteiger partial charge is 0.269 e. The summed E-state index contributed by atoms with van der Waals surface area (Å²) in [4.78, 5) is 36.4. The first-order chi connectivity index (χ1) is 14.4. The molecular formula is C23H16N2O4S. The largest absolute Gasteiger partial charge is 0.313 e. The topological polar surface area (TPSA) is 89.3 Å². The van der Waals surface area contributed by atoms with Crippen molar-refractivity contribution >= 4 is 38.0 Å². The van der Waals surface area contributed by atoms with Crippen LogP contribution in [0.1, 0.15) is 15.9 Å². The van der Waals surface area contributed by atoms with E-state index in [4.69, 9.17) is 0 Å². The summed E-state index contributed by atoms with van der Waals surface area (Å²) in [6, 6.07) is 20.1. The number of amides is 1. The van der Waals surface area contributed by atoms with Crippen LogP contribution in [0.4, 0.5) is 10.7 Å². The standard InChI is InChI=1S/C23H16N2O4S/c1-14-5-4-6-16(13-14)20-21(26)18-7-2-3-8-19(18)30-23(20)24-22(27)15-9-11-17(12-10-15)25(28)29/h2-13H,1H3,(H,24,27). The van der Waals surface area contributed by atoms with Crippen molar-refractivity contribution in [3.05, 3.63) is 104 Å². The Hall–Kier alpha value is -3.84. The van der Waals surface area contributed by atoms with E-state index in [0.717, 1.165) is 15.8 Å². The first-order valence-corrected chi connectivity index (χ1v) is 9.94. The number of hydrogen-bond acceptors (Lipinski definition) is 5. The number of carbonyl (C=O) groups excluding carboxylic acids is 1. The summed E-state index contributed by atoms with van der Waals surface area (Å²) in [7, 11) is 0. The van der Waals surface area contributed by atoms with E-state index in [1.165, 1.54) is 35.6 Å². The molecule has 0 aliphatic heterocycles. The minimum atomic E-state index is -0.521. The fourth-order valence-corrected chi connectivity index (χ4v) is 4.30. The van der Waals surface area contributed by atoms with E-state index in [1.807, 2.05) is 49.4 Å². The summed E-state index contributed by atoms with van der Waals surface area (Å²) in [5, 5.41) is 14.7. The number of anilines is 1. The summed E-state index contributed by atoms with van der Waals surface area (Å²) < 4.78 is 0.762. The number of carbonyl (C=O) groups is 1. The van der Waals surface area contributed by atoms with Crippen LogP contribution in [0.5, 0.6) is 0 Å². The molecule has 0 spiro atoms. The average Bonchev–Trinajstić information content (AvgIpc) is 2.74. The second kappa shape index (κ2) is 7.88. The van der Waals surface area contributed by atoms with Gasteiger partial charge in [-0.05, 0) is 36.8 Å². The Morgan fingerprint density at radius 2 is 1.73 bits per heavy atom. The Kier molecular flexibility index (Phi) is 5.12. The molecule has 3 aromatic carbocycles. The zero-order chi connectivity index (χ0) is 21.3. The molecule has 0 bridgehead atoms. The molecule has 0 saturated heterocycles. The fourth-order valence-electron chi connectivity index (χ4n) is 3.20. The summed E-state index contributed by atoms with van der Waals surface area (Å²) in [6.07, 6.45) is 0. The van der Waals surface area contributed by atoms with E-state index in [0.29, 0.717) is 16.0 Å². The molecule has 0 aliphatic rings. The van der Waals surface area contributed by atoms with Crippen molar-refractivity contribution in [3.63, 3.8) is 0 Å². The van der Waals surface area contributed by atoms with Crippen LogP contribution in [0.2, 0.25) is 0 Å². The normalized spacial score (nSPS) is 10.7. The Morgan fingerprint density at radius 3 is 2.43 bits per heavy atom. The lowest BCUT2D eigenvalue weighted by Gasteiger charge is -2.12. The molecule has 0 aliphatic carbocycles. The van der Waals surface area contributed by atoms with Gasteiger partial charge in [0, 0.05) is 27.8 Å². The minimum Gasteiger partial charge on any atom is -0.313 e. The first kappa shape index (κ1) is 19.5. The third-order valence-electron chi connectivity index (χ3n) is 4.67. The number of non-ortho nitro benzene ring substituents is 1. The van der Waals surface area contributed by atoms with Crippen LogP contribution in [-0.2, 0) is 0 Å². The number of aryl methyl sites for hydroxylation is 1. The fraction of sp³-hybridized carbons (Fsp3) is 0.0435. The number of fused-ring (bicyclic) bond motifs is 1. The maximum absolute atomic E-state index is 13.3. The second-order valence-electron chi connectivity index (χ2n) is 6.76. The van der Waals surface area contributed by atoms with Gasteiger partial charge in [-0.3, -0.25) is 19.7 Å². The molecule has 4 aromatic rings. The van der Waals surface area contributed by atoms with Gasteiger partial charge in [0.05, 0.1) is 10.5 Å². The van der Waals surface area contributed by atoms with Gasteiger partial charge in [-0.25, -0.2) is 0 Å². The van der Waals surface area contributed by atoms with E-state index < -0.39 is 10.8 Å². The molecule has 148 valence electrons. The van der Waals surface area contributed by atoms with Gasteiger partial charge in [0.2, 0.25) is 0 Å². The summed E-state index contributed by atoms with van der Waals surface area (Å²) in [6.45, 7) is 1.94. The highest BCUT2D eigenvalue weighted by molar-refractivity contribution is 7.22. The minimum absolute atomic E-state index is 0.0950. The predicted molar refractivity (Wildman–Crippen MR) is 119 cm³/mol. The highest BCUT2D eigenvalue weighted by Crippen LogP contribution is 2.34. The average molecular weight is 416 g/mol. The zero-order valence-electron chi connectivity index (χ0n) is 15.9. The number of nitrogens with zero attached hydrogens (tertiary/aromatic N) is 1. The van der Waals surface area contributed by atoms with Crippen molar-refractivity contribution in [1.29, 1.82) is 0 Å². The van der Waals surface area contributed by atoms with Gasteiger partial charge in [0.15, 0.2) is 5.43 Å². The second-order valence-corrected chi connectivity index (χ2v) is 7.81. The highest BCUT2D eigenvalue weighted by Gasteiger charge is 2.18. The Bertz CT molecular complexity index is 1340. The molecule has 0 atom stereocenters. The summed E-state index contributed by atoms with van der Waals surface area (Å²) >= 11 is 1.32. The van der Waals surface area contributed by atoms with Gasteiger partial charge in [-0.15, -0.1) is 11.3 Å². The SMILES string of the molecule is Cc1cccc(-c2c(NC(=O)c3ccc([N+](=O)[O-])cc3)sc3ccccc3c2=O)c1. The van der Waals surface area contributed by atoms with Crippen LogP contribution in [0.3, 0.4) is 0 Å². The predicted octanol–water partition coefficient (Wildman–Crippen LogP) is 5.40. The number of benzene rings is 3. The van der Waals surface area contributed by atoms with Crippen molar-refractivity contribution in [1.82, 2.24) is 0 Å². The quantitative estimate of drug-likeness (QED) is 0.356. The Labute approximate surface area is 175 Å². The van der Waals surface area contributed by atoms with Gasteiger partial charge in [-0.2, -0.15) is 0 Å².